The Hall–Kier alpha value is -0.400. The van der Waals surface area contributed by atoms with Crippen LogP contribution in [0.1, 0.15) is 25.7 Å². The van der Waals surface area contributed by atoms with Crippen molar-refractivity contribution in [3.63, 3.8) is 0 Å². The van der Waals surface area contributed by atoms with Crippen molar-refractivity contribution in [3.05, 3.63) is 13.9 Å². The summed E-state index contributed by atoms with van der Waals surface area (Å²) in [4.78, 5) is 0.0532. The van der Waals surface area contributed by atoms with Crippen LogP contribution >= 0.6 is 0 Å². The summed E-state index contributed by atoms with van der Waals surface area (Å²) in [5, 5.41) is 0. The standard InChI is InChI=1S/C6H8NO4S2/c8-12(9)5-3-1-2-4-6(5)13(10,11)7-12/h1-4H2/q-1. The molecular weight excluding hydrogens is 214 g/mol. The van der Waals surface area contributed by atoms with Crippen LogP contribution in [-0.2, 0) is 20.0 Å². The molecule has 0 fully saturated rings. The molecule has 1 heterocycles. The van der Waals surface area contributed by atoms with Gasteiger partial charge in [-0.1, -0.05) is 0 Å². The van der Waals surface area contributed by atoms with E-state index in [1.165, 1.54) is 0 Å². The number of hydrogen-bond acceptors (Lipinski definition) is 4. The van der Waals surface area contributed by atoms with Crippen molar-refractivity contribution in [2.24, 2.45) is 0 Å². The van der Waals surface area contributed by atoms with Gasteiger partial charge in [0.25, 0.3) is 0 Å². The second-order valence-electron chi connectivity index (χ2n) is 3.08. The summed E-state index contributed by atoms with van der Waals surface area (Å²) >= 11 is 0. The summed E-state index contributed by atoms with van der Waals surface area (Å²) in [6.45, 7) is 0. The highest BCUT2D eigenvalue weighted by atomic mass is 32.3. The number of hydrogen-bond donors (Lipinski definition) is 0. The molecule has 2 aliphatic rings. The van der Waals surface area contributed by atoms with Crippen LogP contribution < -0.4 is 0 Å². The molecule has 5 nitrogen and oxygen atoms in total. The molecule has 0 amide bonds. The van der Waals surface area contributed by atoms with Gasteiger partial charge in [0.2, 0.25) is 0 Å². The largest absolute Gasteiger partial charge is 0.428 e. The van der Waals surface area contributed by atoms with Crippen molar-refractivity contribution >= 4 is 20.0 Å². The highest BCUT2D eigenvalue weighted by Crippen LogP contribution is 2.43. The summed E-state index contributed by atoms with van der Waals surface area (Å²) in [7, 11) is -7.68. The fourth-order valence-electron chi connectivity index (χ4n) is 1.61. The number of sulfonamides is 2. The maximum atomic E-state index is 11.2. The normalized spacial score (nSPS) is 30.2. The number of allylic oxidation sites excluding steroid dienone is 2. The van der Waals surface area contributed by atoms with Gasteiger partial charge in [-0.3, -0.25) is 0 Å². The van der Waals surface area contributed by atoms with Gasteiger partial charge in [-0.05, 0) is 25.7 Å². The van der Waals surface area contributed by atoms with Gasteiger partial charge >= 0.3 is 0 Å². The first kappa shape index (κ1) is 9.17. The van der Waals surface area contributed by atoms with Gasteiger partial charge in [0.05, 0.1) is 0 Å². The molecule has 0 aromatic heterocycles. The second kappa shape index (κ2) is 2.55. The summed E-state index contributed by atoms with van der Waals surface area (Å²) in [5.74, 6) is 0. The first-order chi connectivity index (χ1) is 5.93. The molecule has 0 atom stereocenters. The smallest absolute Gasteiger partial charge is 0.109 e. The Morgan fingerprint density at radius 1 is 0.846 bits per heavy atom. The number of nitrogens with zero attached hydrogens (tertiary/aromatic N) is 1. The predicted molar refractivity (Wildman–Crippen MR) is 46.7 cm³/mol. The molecule has 2 rings (SSSR count). The predicted octanol–water partition coefficient (Wildman–Crippen LogP) is 0.819. The van der Waals surface area contributed by atoms with Gasteiger partial charge in [0.15, 0.2) is 0 Å². The monoisotopic (exact) mass is 222 g/mol. The average molecular weight is 222 g/mol. The molecular formula is C6H8NO4S2-. The third kappa shape index (κ3) is 1.31. The van der Waals surface area contributed by atoms with E-state index >= 15 is 0 Å². The first-order valence-corrected chi connectivity index (χ1v) is 6.78. The van der Waals surface area contributed by atoms with Crippen LogP contribution in [0, 0.1) is 0 Å². The van der Waals surface area contributed by atoms with E-state index in [4.69, 9.17) is 0 Å². The van der Waals surface area contributed by atoms with Crippen LogP contribution in [0.25, 0.3) is 4.13 Å². The van der Waals surface area contributed by atoms with Crippen molar-refractivity contribution in [1.29, 1.82) is 0 Å². The van der Waals surface area contributed by atoms with Crippen LogP contribution in [0.15, 0.2) is 9.81 Å². The molecule has 0 unspecified atom stereocenters. The summed E-state index contributed by atoms with van der Waals surface area (Å²) in [5.41, 5.74) is 0. The van der Waals surface area contributed by atoms with E-state index in [0.717, 1.165) is 12.8 Å². The molecule has 0 aromatic rings. The van der Waals surface area contributed by atoms with E-state index < -0.39 is 20.0 Å². The van der Waals surface area contributed by atoms with Gasteiger partial charge in [-0.15, -0.1) is 0 Å². The molecule has 1 aliphatic carbocycles. The Bertz CT molecular complexity index is 427. The van der Waals surface area contributed by atoms with Gasteiger partial charge in [-0.25, -0.2) is 16.8 Å². The lowest BCUT2D eigenvalue weighted by atomic mass is 10.1. The van der Waals surface area contributed by atoms with Crippen LogP contribution in [-0.4, -0.2) is 16.8 Å². The van der Waals surface area contributed by atoms with Crippen LogP contribution in [0.2, 0.25) is 0 Å². The van der Waals surface area contributed by atoms with Gasteiger partial charge in [-0.2, -0.15) is 0 Å². The van der Waals surface area contributed by atoms with Crippen molar-refractivity contribution in [2.75, 3.05) is 0 Å². The Labute approximate surface area is 76.9 Å². The lowest BCUT2D eigenvalue weighted by Gasteiger charge is -2.12. The topological polar surface area (TPSA) is 82.4 Å². The summed E-state index contributed by atoms with van der Waals surface area (Å²) in [6.07, 6.45) is 2.09. The SMILES string of the molecule is O=S1(=O)[N-]S(=O)(=O)C2=C1CCCC2. The Kier molecular flexibility index (Phi) is 1.80. The Morgan fingerprint density at radius 2 is 1.23 bits per heavy atom. The number of rotatable bonds is 0. The fraction of sp³-hybridized carbons (Fsp3) is 0.667. The second-order valence-corrected chi connectivity index (χ2v) is 6.56. The molecule has 0 spiro atoms. The van der Waals surface area contributed by atoms with Gasteiger partial charge < -0.3 is 4.13 Å². The van der Waals surface area contributed by atoms with E-state index in [1.54, 1.807) is 0 Å². The maximum absolute atomic E-state index is 11.2. The van der Waals surface area contributed by atoms with Crippen molar-refractivity contribution in [3.8, 4) is 0 Å². The Morgan fingerprint density at radius 3 is 1.62 bits per heavy atom. The summed E-state index contributed by atoms with van der Waals surface area (Å²) in [6, 6.07) is 0. The minimum absolute atomic E-state index is 0.0266. The molecule has 0 N–H and O–H groups in total. The molecule has 13 heavy (non-hydrogen) atoms. The molecule has 0 saturated carbocycles. The Balaban J connectivity index is 2.69. The molecule has 0 saturated heterocycles. The van der Waals surface area contributed by atoms with Gasteiger partial charge in [0, 0.05) is 9.81 Å². The molecule has 0 radical (unpaired) electrons. The molecule has 74 valence electrons. The van der Waals surface area contributed by atoms with E-state index in [1.807, 2.05) is 0 Å². The third-order valence-corrected chi connectivity index (χ3v) is 6.03. The van der Waals surface area contributed by atoms with Crippen LogP contribution in [0.3, 0.4) is 0 Å². The zero-order valence-corrected chi connectivity index (χ0v) is 8.36. The van der Waals surface area contributed by atoms with Crippen LogP contribution in [0.4, 0.5) is 0 Å². The highest BCUT2D eigenvalue weighted by Gasteiger charge is 2.31. The lowest BCUT2D eigenvalue weighted by molar-refractivity contribution is 0.602. The average Bonchev–Trinajstić information content (AvgIpc) is 2.20. The quantitative estimate of drug-likeness (QED) is 0.607. The summed E-state index contributed by atoms with van der Waals surface area (Å²) < 4.78 is 47.7. The van der Waals surface area contributed by atoms with E-state index in [0.29, 0.717) is 12.8 Å². The fourth-order valence-corrected chi connectivity index (χ4v) is 5.58. The van der Waals surface area contributed by atoms with E-state index in [9.17, 15) is 16.8 Å². The van der Waals surface area contributed by atoms with Crippen LogP contribution in [0.5, 0.6) is 0 Å². The minimum Gasteiger partial charge on any atom is -0.428 e. The van der Waals surface area contributed by atoms with E-state index in [2.05, 4.69) is 4.13 Å². The molecule has 0 aromatic carbocycles. The lowest BCUT2D eigenvalue weighted by Crippen LogP contribution is -2.02. The zero-order valence-electron chi connectivity index (χ0n) is 6.73. The van der Waals surface area contributed by atoms with Gasteiger partial charge in [0.1, 0.15) is 20.0 Å². The molecule has 7 heteroatoms. The minimum atomic E-state index is -3.84. The third-order valence-electron chi connectivity index (χ3n) is 2.19. The zero-order chi connectivity index (χ0) is 9.69. The first-order valence-electron chi connectivity index (χ1n) is 3.90. The molecule has 1 aliphatic heterocycles. The highest BCUT2D eigenvalue weighted by molar-refractivity contribution is 8.18. The van der Waals surface area contributed by atoms with Crippen molar-refractivity contribution < 1.29 is 16.8 Å². The van der Waals surface area contributed by atoms with Crippen molar-refractivity contribution in [1.82, 2.24) is 0 Å². The molecule has 0 bridgehead atoms. The maximum Gasteiger partial charge on any atom is 0.109 e. The van der Waals surface area contributed by atoms with Crippen molar-refractivity contribution in [2.45, 2.75) is 25.7 Å². The van der Waals surface area contributed by atoms with E-state index in [-0.39, 0.29) is 9.81 Å².